The zero-order valence-corrected chi connectivity index (χ0v) is 14.5. The zero-order valence-electron chi connectivity index (χ0n) is 14.5. The van der Waals surface area contributed by atoms with Gasteiger partial charge in [0.25, 0.3) is 0 Å². The lowest BCUT2D eigenvalue weighted by atomic mass is 9.98. The van der Waals surface area contributed by atoms with E-state index in [-0.39, 0.29) is 5.92 Å². The Balaban J connectivity index is 1.42. The predicted molar refractivity (Wildman–Crippen MR) is 90.8 cm³/mol. The molecule has 1 fully saturated rings. The first-order valence-electron chi connectivity index (χ1n) is 8.59. The number of rotatable bonds is 4. The lowest BCUT2D eigenvalue weighted by molar-refractivity contribution is 0.162. The first-order valence-corrected chi connectivity index (χ1v) is 8.59. The molecule has 0 bridgehead atoms. The van der Waals surface area contributed by atoms with E-state index in [2.05, 4.69) is 32.1 Å². The Bertz CT molecular complexity index is 839. The fraction of sp³-hybridized carbons (Fsp3) is 0.444. The van der Waals surface area contributed by atoms with Crippen molar-refractivity contribution in [3.63, 3.8) is 0 Å². The van der Waals surface area contributed by atoms with E-state index >= 15 is 0 Å². The average Bonchev–Trinajstić information content (AvgIpc) is 3.25. The highest BCUT2D eigenvalue weighted by molar-refractivity contribution is 5.54. The number of nitrogens with zero attached hydrogens (tertiary/aromatic N) is 5. The Labute approximate surface area is 146 Å². The van der Waals surface area contributed by atoms with Crippen LogP contribution in [0.15, 0.2) is 33.3 Å². The molecule has 4 rings (SSSR count). The topological polar surface area (TPSA) is 81.1 Å². The van der Waals surface area contributed by atoms with Gasteiger partial charge in [0.05, 0.1) is 12.5 Å². The second kappa shape index (κ2) is 6.76. The SMILES string of the molecule is Cc1ccc(-c2noc(CN3CCCC(c4nc(C)no4)C3)n2)cc1. The summed E-state index contributed by atoms with van der Waals surface area (Å²) in [5.74, 6) is 2.96. The predicted octanol–water partition coefficient (Wildman–Crippen LogP) is 3.12. The molecule has 1 unspecified atom stereocenters. The molecule has 0 N–H and O–H groups in total. The van der Waals surface area contributed by atoms with Crippen molar-refractivity contribution >= 4 is 0 Å². The van der Waals surface area contributed by atoms with E-state index in [4.69, 9.17) is 9.05 Å². The van der Waals surface area contributed by atoms with Crippen molar-refractivity contribution in [2.24, 2.45) is 0 Å². The van der Waals surface area contributed by atoms with Crippen molar-refractivity contribution < 1.29 is 9.05 Å². The van der Waals surface area contributed by atoms with Gasteiger partial charge in [0, 0.05) is 12.1 Å². The smallest absolute Gasteiger partial charge is 0.241 e. The zero-order chi connectivity index (χ0) is 17.2. The van der Waals surface area contributed by atoms with Crippen LogP contribution in [0.2, 0.25) is 0 Å². The Hall–Kier alpha value is -2.54. The summed E-state index contributed by atoms with van der Waals surface area (Å²) in [6.07, 6.45) is 2.15. The maximum atomic E-state index is 5.44. The minimum atomic E-state index is 0.273. The summed E-state index contributed by atoms with van der Waals surface area (Å²) in [6.45, 7) is 6.42. The van der Waals surface area contributed by atoms with Crippen LogP contribution >= 0.6 is 0 Å². The quantitative estimate of drug-likeness (QED) is 0.722. The molecule has 0 saturated carbocycles. The van der Waals surface area contributed by atoms with Gasteiger partial charge in [-0.2, -0.15) is 9.97 Å². The number of likely N-dealkylation sites (tertiary alicyclic amines) is 1. The van der Waals surface area contributed by atoms with Gasteiger partial charge in [0.15, 0.2) is 5.82 Å². The van der Waals surface area contributed by atoms with Crippen LogP contribution in [-0.4, -0.2) is 38.3 Å². The molecule has 0 spiro atoms. The highest BCUT2D eigenvalue weighted by Crippen LogP contribution is 2.26. The van der Waals surface area contributed by atoms with Gasteiger partial charge in [-0.3, -0.25) is 4.90 Å². The van der Waals surface area contributed by atoms with E-state index in [9.17, 15) is 0 Å². The molecule has 1 aliphatic heterocycles. The third-order valence-electron chi connectivity index (χ3n) is 4.53. The second-order valence-electron chi connectivity index (χ2n) is 6.63. The number of hydrogen-bond acceptors (Lipinski definition) is 7. The average molecular weight is 339 g/mol. The lowest BCUT2D eigenvalue weighted by Crippen LogP contribution is -2.34. The summed E-state index contributed by atoms with van der Waals surface area (Å²) in [5, 5.41) is 8.01. The molecule has 0 amide bonds. The van der Waals surface area contributed by atoms with Gasteiger partial charge in [-0.25, -0.2) is 0 Å². The van der Waals surface area contributed by atoms with Crippen LogP contribution in [0.25, 0.3) is 11.4 Å². The third kappa shape index (κ3) is 3.61. The number of hydrogen-bond donors (Lipinski definition) is 0. The normalized spacial score (nSPS) is 18.6. The van der Waals surface area contributed by atoms with E-state index in [1.54, 1.807) is 0 Å². The molecule has 0 radical (unpaired) electrons. The minimum Gasteiger partial charge on any atom is -0.339 e. The van der Waals surface area contributed by atoms with E-state index in [0.717, 1.165) is 37.4 Å². The molecule has 3 heterocycles. The Morgan fingerprint density at radius 3 is 2.68 bits per heavy atom. The maximum Gasteiger partial charge on any atom is 0.241 e. The number of benzene rings is 1. The summed E-state index contributed by atoms with van der Waals surface area (Å²) < 4.78 is 10.8. The van der Waals surface area contributed by atoms with Crippen LogP contribution in [-0.2, 0) is 6.54 Å². The highest BCUT2D eigenvalue weighted by atomic mass is 16.5. The Kier molecular flexibility index (Phi) is 4.31. The van der Waals surface area contributed by atoms with E-state index in [1.807, 2.05) is 31.2 Å². The van der Waals surface area contributed by atoms with Crippen LogP contribution in [0.1, 0.15) is 41.9 Å². The van der Waals surface area contributed by atoms with Gasteiger partial charge in [-0.1, -0.05) is 40.1 Å². The molecule has 1 aliphatic rings. The first-order chi connectivity index (χ1) is 12.2. The van der Waals surface area contributed by atoms with Crippen LogP contribution < -0.4 is 0 Å². The van der Waals surface area contributed by atoms with Gasteiger partial charge in [0.1, 0.15) is 0 Å². The summed E-state index contributed by atoms with van der Waals surface area (Å²) in [7, 11) is 0. The third-order valence-corrected chi connectivity index (χ3v) is 4.53. The van der Waals surface area contributed by atoms with Crippen molar-refractivity contribution in [1.82, 2.24) is 25.2 Å². The van der Waals surface area contributed by atoms with Gasteiger partial charge in [0.2, 0.25) is 17.6 Å². The molecular formula is C18H21N5O2. The molecule has 1 aromatic carbocycles. The van der Waals surface area contributed by atoms with Crippen LogP contribution in [0.4, 0.5) is 0 Å². The standard InChI is InChI=1S/C18H21N5O2/c1-12-5-7-14(8-6-12)17-20-16(24-22-17)11-23-9-3-4-15(10-23)18-19-13(2)21-25-18/h5-8,15H,3-4,9-11H2,1-2H3. The largest absolute Gasteiger partial charge is 0.339 e. The molecule has 0 aliphatic carbocycles. The van der Waals surface area contributed by atoms with E-state index < -0.39 is 0 Å². The molecular weight excluding hydrogens is 318 g/mol. The molecule has 1 saturated heterocycles. The summed E-state index contributed by atoms with van der Waals surface area (Å²) in [6, 6.07) is 8.12. The fourth-order valence-electron chi connectivity index (χ4n) is 3.21. The van der Waals surface area contributed by atoms with Gasteiger partial charge in [-0.15, -0.1) is 0 Å². The highest BCUT2D eigenvalue weighted by Gasteiger charge is 2.26. The lowest BCUT2D eigenvalue weighted by Gasteiger charge is -2.29. The molecule has 1 atom stereocenters. The Morgan fingerprint density at radius 2 is 1.92 bits per heavy atom. The van der Waals surface area contributed by atoms with Gasteiger partial charge < -0.3 is 9.05 Å². The van der Waals surface area contributed by atoms with Crippen molar-refractivity contribution in [3.8, 4) is 11.4 Å². The number of piperidine rings is 1. The molecule has 2 aromatic heterocycles. The minimum absolute atomic E-state index is 0.273. The summed E-state index contributed by atoms with van der Waals surface area (Å²) in [4.78, 5) is 11.2. The molecule has 25 heavy (non-hydrogen) atoms. The monoisotopic (exact) mass is 339 g/mol. The van der Waals surface area contributed by atoms with Gasteiger partial charge >= 0.3 is 0 Å². The maximum absolute atomic E-state index is 5.44. The van der Waals surface area contributed by atoms with E-state index in [0.29, 0.717) is 24.1 Å². The molecule has 3 aromatic rings. The van der Waals surface area contributed by atoms with Crippen LogP contribution in [0, 0.1) is 13.8 Å². The Morgan fingerprint density at radius 1 is 1.08 bits per heavy atom. The second-order valence-corrected chi connectivity index (χ2v) is 6.63. The first kappa shape index (κ1) is 16.0. The number of aromatic nitrogens is 4. The van der Waals surface area contributed by atoms with Crippen molar-refractivity contribution in [3.05, 3.63) is 47.4 Å². The van der Waals surface area contributed by atoms with Gasteiger partial charge in [-0.05, 0) is 33.2 Å². The van der Waals surface area contributed by atoms with Crippen molar-refractivity contribution in [1.29, 1.82) is 0 Å². The molecule has 7 heteroatoms. The number of aryl methyl sites for hydroxylation is 2. The summed E-state index contributed by atoms with van der Waals surface area (Å²) >= 11 is 0. The van der Waals surface area contributed by atoms with Crippen molar-refractivity contribution in [2.75, 3.05) is 13.1 Å². The van der Waals surface area contributed by atoms with E-state index in [1.165, 1.54) is 5.56 Å². The molecule has 130 valence electrons. The molecule has 7 nitrogen and oxygen atoms in total. The van der Waals surface area contributed by atoms with Crippen molar-refractivity contribution in [2.45, 2.75) is 39.2 Å². The fourth-order valence-corrected chi connectivity index (χ4v) is 3.21. The van der Waals surface area contributed by atoms with Crippen LogP contribution in [0.5, 0.6) is 0 Å². The van der Waals surface area contributed by atoms with Crippen LogP contribution in [0.3, 0.4) is 0 Å². The summed E-state index contributed by atoms with van der Waals surface area (Å²) in [5.41, 5.74) is 2.18.